The van der Waals surface area contributed by atoms with Crippen molar-refractivity contribution in [3.63, 3.8) is 0 Å². The zero-order valence-corrected chi connectivity index (χ0v) is 15.0. The van der Waals surface area contributed by atoms with E-state index in [0.29, 0.717) is 12.0 Å². The van der Waals surface area contributed by atoms with Gasteiger partial charge in [0, 0.05) is 18.6 Å². The summed E-state index contributed by atoms with van der Waals surface area (Å²) < 4.78 is 5.18. The summed E-state index contributed by atoms with van der Waals surface area (Å²) in [7, 11) is 0. The van der Waals surface area contributed by atoms with E-state index in [4.69, 9.17) is 4.74 Å². The molecule has 2 heterocycles. The monoisotopic (exact) mass is 376 g/mol. The van der Waals surface area contributed by atoms with E-state index in [1.54, 1.807) is 0 Å². The quantitative estimate of drug-likeness (QED) is 0.258. The van der Waals surface area contributed by atoms with Crippen molar-refractivity contribution >= 4 is 23.3 Å². The van der Waals surface area contributed by atoms with Crippen molar-refractivity contribution in [3.05, 3.63) is 39.9 Å². The molecule has 4 atom stereocenters. The number of non-ortho nitro benzene ring substituents is 1. The Balaban J connectivity index is 1.71. The van der Waals surface area contributed by atoms with Crippen LogP contribution < -0.4 is 0 Å². The molecule has 9 heteroatoms. The summed E-state index contributed by atoms with van der Waals surface area (Å²) in [5.74, 6) is -2.35. The Hall–Kier alpha value is -2.81. The third-order valence-electron chi connectivity index (χ3n) is 5.45. The first-order valence-corrected chi connectivity index (χ1v) is 8.67. The molecular formula is C18H20N2O7. The van der Waals surface area contributed by atoms with Gasteiger partial charge in [0.15, 0.2) is 11.8 Å². The number of β-lactam (4-membered cyclic amide) rings is 1. The molecule has 0 bridgehead atoms. The number of esters is 1. The van der Waals surface area contributed by atoms with Gasteiger partial charge in [-0.05, 0) is 31.0 Å². The largest absolute Gasteiger partial charge is 0.459 e. The Bertz CT molecular complexity index is 804. The summed E-state index contributed by atoms with van der Waals surface area (Å²) in [6.07, 6.45) is -0.440. The molecule has 0 aromatic heterocycles. The SMILES string of the molecule is CCC12CC(=O)C(C(=O)OCc3ccc([N+](=O)[O-])cc3)N1C(=O)C2C(C)O. The van der Waals surface area contributed by atoms with Gasteiger partial charge in [-0.2, -0.15) is 0 Å². The van der Waals surface area contributed by atoms with Crippen LogP contribution >= 0.6 is 0 Å². The van der Waals surface area contributed by atoms with Crippen LogP contribution in [0.5, 0.6) is 0 Å². The lowest BCUT2D eigenvalue weighted by Gasteiger charge is -2.55. The summed E-state index contributed by atoms with van der Waals surface area (Å²) in [6, 6.07) is 4.19. The Kier molecular flexibility index (Phi) is 4.73. The minimum Gasteiger partial charge on any atom is -0.459 e. The molecule has 2 aliphatic rings. The van der Waals surface area contributed by atoms with E-state index in [0.717, 1.165) is 0 Å². The van der Waals surface area contributed by atoms with Crippen molar-refractivity contribution in [1.82, 2.24) is 4.90 Å². The molecule has 0 spiro atoms. The van der Waals surface area contributed by atoms with Gasteiger partial charge in [0.1, 0.15) is 6.61 Å². The van der Waals surface area contributed by atoms with Gasteiger partial charge in [-0.25, -0.2) is 4.79 Å². The number of carbonyl (C=O) groups is 3. The van der Waals surface area contributed by atoms with Crippen LogP contribution in [0.25, 0.3) is 0 Å². The minimum atomic E-state index is -1.30. The zero-order chi connectivity index (χ0) is 19.9. The van der Waals surface area contributed by atoms with E-state index >= 15 is 0 Å². The summed E-state index contributed by atoms with van der Waals surface area (Å²) in [5.41, 5.74) is -0.392. The zero-order valence-electron chi connectivity index (χ0n) is 15.0. The number of benzene rings is 1. The Morgan fingerprint density at radius 3 is 2.56 bits per heavy atom. The van der Waals surface area contributed by atoms with Crippen LogP contribution in [0.4, 0.5) is 5.69 Å². The van der Waals surface area contributed by atoms with Crippen molar-refractivity contribution in [1.29, 1.82) is 0 Å². The summed E-state index contributed by atoms with van der Waals surface area (Å²) in [6.45, 7) is 3.15. The Morgan fingerprint density at radius 2 is 2.04 bits per heavy atom. The molecule has 9 nitrogen and oxygen atoms in total. The normalized spacial score (nSPS) is 27.7. The maximum absolute atomic E-state index is 12.5. The molecule has 0 aliphatic carbocycles. The number of hydrogen-bond donors (Lipinski definition) is 1. The highest BCUT2D eigenvalue weighted by Gasteiger charge is 2.70. The van der Waals surface area contributed by atoms with Crippen molar-refractivity contribution in [2.75, 3.05) is 0 Å². The van der Waals surface area contributed by atoms with Gasteiger partial charge in [0.2, 0.25) is 5.91 Å². The second-order valence-electron chi connectivity index (χ2n) is 6.96. The van der Waals surface area contributed by atoms with E-state index < -0.39 is 46.2 Å². The van der Waals surface area contributed by atoms with Crippen LogP contribution in [0.3, 0.4) is 0 Å². The third kappa shape index (κ3) is 2.87. The maximum Gasteiger partial charge on any atom is 0.337 e. The fourth-order valence-corrected chi connectivity index (χ4v) is 4.16. The molecule has 144 valence electrons. The number of fused-ring (bicyclic) bond motifs is 1. The molecule has 2 aliphatic heterocycles. The molecule has 4 unspecified atom stereocenters. The molecule has 2 fully saturated rings. The smallest absolute Gasteiger partial charge is 0.337 e. The Morgan fingerprint density at radius 1 is 1.41 bits per heavy atom. The second-order valence-corrected chi connectivity index (χ2v) is 6.96. The molecule has 27 heavy (non-hydrogen) atoms. The molecule has 1 aromatic carbocycles. The molecule has 1 aromatic rings. The predicted octanol–water partition coefficient (Wildman–Crippen LogP) is 0.967. The predicted molar refractivity (Wildman–Crippen MR) is 91.3 cm³/mol. The van der Waals surface area contributed by atoms with Crippen LogP contribution in [-0.4, -0.2) is 50.3 Å². The highest BCUT2D eigenvalue weighted by atomic mass is 16.6. The van der Waals surface area contributed by atoms with Gasteiger partial charge in [0.25, 0.3) is 5.69 Å². The molecule has 1 N–H and O–H groups in total. The third-order valence-corrected chi connectivity index (χ3v) is 5.45. The van der Waals surface area contributed by atoms with E-state index in [9.17, 15) is 29.6 Å². The van der Waals surface area contributed by atoms with Crippen LogP contribution in [0.15, 0.2) is 24.3 Å². The van der Waals surface area contributed by atoms with Gasteiger partial charge in [-0.3, -0.25) is 19.7 Å². The van der Waals surface area contributed by atoms with Crippen molar-refractivity contribution in [2.45, 2.75) is 51.0 Å². The van der Waals surface area contributed by atoms with Crippen molar-refractivity contribution in [3.8, 4) is 0 Å². The minimum absolute atomic E-state index is 0.0160. The number of ketones is 1. The number of nitrogens with zero attached hydrogens (tertiary/aromatic N) is 2. The number of ether oxygens (including phenoxy) is 1. The molecular weight excluding hydrogens is 356 g/mol. The van der Waals surface area contributed by atoms with E-state index in [-0.39, 0.29) is 18.7 Å². The first-order chi connectivity index (χ1) is 12.7. The lowest BCUT2D eigenvalue weighted by atomic mass is 9.69. The number of hydrogen-bond acceptors (Lipinski definition) is 7. The Labute approximate surface area is 155 Å². The summed E-state index contributed by atoms with van der Waals surface area (Å²) in [4.78, 5) is 48.7. The number of rotatable bonds is 6. The average Bonchev–Trinajstić information content (AvgIpc) is 2.88. The van der Waals surface area contributed by atoms with Crippen molar-refractivity contribution < 1.29 is 29.2 Å². The van der Waals surface area contributed by atoms with Crippen LogP contribution in [0.1, 0.15) is 32.3 Å². The number of amides is 1. The molecule has 3 rings (SSSR count). The lowest BCUT2D eigenvalue weighted by Crippen LogP contribution is -2.73. The van der Waals surface area contributed by atoms with Gasteiger partial charge < -0.3 is 14.7 Å². The van der Waals surface area contributed by atoms with Gasteiger partial charge in [-0.15, -0.1) is 0 Å². The number of Topliss-reactive ketones (excluding diaryl/α,β-unsaturated/α-hetero) is 1. The van der Waals surface area contributed by atoms with Gasteiger partial charge >= 0.3 is 5.97 Å². The van der Waals surface area contributed by atoms with E-state index in [1.807, 2.05) is 6.92 Å². The highest BCUT2D eigenvalue weighted by molar-refractivity contribution is 6.12. The topological polar surface area (TPSA) is 127 Å². The first-order valence-electron chi connectivity index (χ1n) is 8.67. The molecule has 0 radical (unpaired) electrons. The standard InChI is InChI=1S/C18H20N2O7/c1-3-18-8-13(22)15(19(18)16(23)14(18)10(2)21)17(24)27-9-11-4-6-12(7-5-11)20(25)26/h4-7,10,14-15,21H,3,8-9H2,1-2H3. The van der Waals surface area contributed by atoms with Crippen molar-refractivity contribution in [2.24, 2.45) is 5.92 Å². The average molecular weight is 376 g/mol. The molecule has 0 saturated carbocycles. The number of nitro benzene ring substituents is 1. The first kappa shape index (κ1) is 19.0. The van der Waals surface area contributed by atoms with Crippen LogP contribution in [0, 0.1) is 16.0 Å². The van der Waals surface area contributed by atoms with E-state index in [1.165, 1.54) is 36.1 Å². The number of nitro groups is 1. The highest BCUT2D eigenvalue weighted by Crippen LogP contribution is 2.51. The number of carbonyl (C=O) groups excluding carboxylic acids is 3. The molecule has 1 amide bonds. The molecule has 2 saturated heterocycles. The summed E-state index contributed by atoms with van der Waals surface area (Å²) in [5, 5.41) is 20.5. The van der Waals surface area contributed by atoms with Crippen LogP contribution in [0.2, 0.25) is 0 Å². The second kappa shape index (κ2) is 6.73. The fraction of sp³-hybridized carbons (Fsp3) is 0.500. The lowest BCUT2D eigenvalue weighted by molar-refractivity contribution is -0.384. The van der Waals surface area contributed by atoms with Gasteiger partial charge in [0.05, 0.1) is 22.5 Å². The number of aliphatic hydroxyl groups is 1. The summed E-state index contributed by atoms with van der Waals surface area (Å²) >= 11 is 0. The number of aliphatic hydroxyl groups excluding tert-OH is 1. The maximum atomic E-state index is 12.5. The fourth-order valence-electron chi connectivity index (χ4n) is 4.16. The van der Waals surface area contributed by atoms with E-state index in [2.05, 4.69) is 0 Å². The van der Waals surface area contributed by atoms with Gasteiger partial charge in [-0.1, -0.05) is 6.92 Å². The van der Waals surface area contributed by atoms with Crippen LogP contribution in [-0.2, 0) is 25.7 Å².